The summed E-state index contributed by atoms with van der Waals surface area (Å²) in [6, 6.07) is 13.7. The normalized spacial score (nSPS) is 26.0. The van der Waals surface area contributed by atoms with Gasteiger partial charge in [-0.2, -0.15) is 0 Å². The second kappa shape index (κ2) is 5.49. The van der Waals surface area contributed by atoms with Gasteiger partial charge in [0.2, 0.25) is 0 Å². The molecule has 2 nitrogen and oxygen atoms in total. The molecule has 22 heavy (non-hydrogen) atoms. The maximum Gasteiger partial charge on any atom is 0.123 e. The lowest BCUT2D eigenvalue weighted by Gasteiger charge is -2.19. The maximum absolute atomic E-state index is 13.8. The largest absolute Gasteiger partial charge is 0.368 e. The predicted octanol–water partition coefficient (Wildman–Crippen LogP) is 3.56. The quantitative estimate of drug-likeness (QED) is 0.915. The average molecular weight is 297 g/mol. The van der Waals surface area contributed by atoms with Gasteiger partial charge in [0.1, 0.15) is 5.82 Å². The zero-order valence-electron chi connectivity index (χ0n) is 12.7. The summed E-state index contributed by atoms with van der Waals surface area (Å²) in [6.45, 7) is 0.833. The van der Waals surface area contributed by atoms with Crippen LogP contribution in [0.25, 0.3) is 0 Å². The summed E-state index contributed by atoms with van der Waals surface area (Å²) in [4.78, 5) is 0. The molecule has 0 unspecified atom stereocenters. The Hall–Kier alpha value is -1.71. The topological polar surface area (TPSA) is 21.3 Å². The van der Waals surface area contributed by atoms with Gasteiger partial charge in [0.15, 0.2) is 0 Å². The molecule has 1 saturated heterocycles. The van der Waals surface area contributed by atoms with E-state index < -0.39 is 0 Å². The molecular weight excluding hydrogens is 277 g/mol. The number of hydrogen-bond donors (Lipinski definition) is 1. The minimum Gasteiger partial charge on any atom is -0.368 e. The first-order valence-electron chi connectivity index (χ1n) is 7.92. The van der Waals surface area contributed by atoms with E-state index in [1.165, 1.54) is 16.7 Å². The SMILES string of the molecule is CNC[C@H]1C[C@@H]2c3ccccc3Cc3ccc(F)cc3[C@H]2O1. The Labute approximate surface area is 130 Å². The fraction of sp³-hybridized carbons (Fsp3) is 0.368. The molecule has 1 heterocycles. The van der Waals surface area contributed by atoms with Gasteiger partial charge in [-0.05, 0) is 54.3 Å². The summed E-state index contributed by atoms with van der Waals surface area (Å²) in [7, 11) is 1.94. The molecule has 1 aliphatic carbocycles. The number of hydrogen-bond acceptors (Lipinski definition) is 2. The van der Waals surface area contributed by atoms with E-state index >= 15 is 0 Å². The maximum atomic E-state index is 13.8. The Balaban J connectivity index is 1.84. The fourth-order valence-electron chi connectivity index (χ4n) is 3.96. The Morgan fingerprint density at radius 1 is 1.14 bits per heavy atom. The third kappa shape index (κ3) is 2.25. The number of likely N-dealkylation sites (N-methyl/N-ethyl adjacent to an activating group) is 1. The van der Waals surface area contributed by atoms with Crippen LogP contribution in [-0.4, -0.2) is 19.7 Å². The monoisotopic (exact) mass is 297 g/mol. The van der Waals surface area contributed by atoms with Crippen LogP contribution >= 0.6 is 0 Å². The van der Waals surface area contributed by atoms with Crippen LogP contribution in [0.5, 0.6) is 0 Å². The van der Waals surface area contributed by atoms with Crippen molar-refractivity contribution in [3.05, 3.63) is 70.5 Å². The summed E-state index contributed by atoms with van der Waals surface area (Å²) in [6.07, 6.45) is 1.99. The summed E-state index contributed by atoms with van der Waals surface area (Å²) >= 11 is 0. The molecule has 2 aromatic carbocycles. The lowest BCUT2D eigenvalue weighted by atomic mass is 9.87. The van der Waals surface area contributed by atoms with Gasteiger partial charge >= 0.3 is 0 Å². The molecule has 1 fully saturated rings. The van der Waals surface area contributed by atoms with Crippen LogP contribution in [0.1, 0.15) is 40.7 Å². The summed E-state index contributed by atoms with van der Waals surface area (Å²) in [5.74, 6) is 0.140. The van der Waals surface area contributed by atoms with Crippen molar-refractivity contribution < 1.29 is 9.13 Å². The van der Waals surface area contributed by atoms with Crippen LogP contribution in [0.4, 0.5) is 4.39 Å². The molecule has 0 radical (unpaired) electrons. The molecular formula is C19H20FNO. The zero-order chi connectivity index (χ0) is 15.1. The lowest BCUT2D eigenvalue weighted by Crippen LogP contribution is -2.23. The summed E-state index contributed by atoms with van der Waals surface area (Å²) < 4.78 is 20.1. The minimum absolute atomic E-state index is 0.0345. The first-order valence-corrected chi connectivity index (χ1v) is 7.92. The molecule has 2 aliphatic rings. The van der Waals surface area contributed by atoms with Gasteiger partial charge < -0.3 is 10.1 Å². The van der Waals surface area contributed by atoms with Crippen molar-refractivity contribution >= 4 is 0 Å². The van der Waals surface area contributed by atoms with Gasteiger partial charge in [-0.15, -0.1) is 0 Å². The highest BCUT2D eigenvalue weighted by atomic mass is 19.1. The van der Waals surface area contributed by atoms with Crippen LogP contribution in [0.3, 0.4) is 0 Å². The van der Waals surface area contributed by atoms with Crippen molar-refractivity contribution in [2.75, 3.05) is 13.6 Å². The third-order valence-electron chi connectivity index (χ3n) is 4.90. The Bertz CT molecular complexity index is 700. The number of fused-ring (bicyclic) bond motifs is 5. The van der Waals surface area contributed by atoms with Crippen LogP contribution in [0, 0.1) is 5.82 Å². The lowest BCUT2D eigenvalue weighted by molar-refractivity contribution is 0.0417. The number of benzene rings is 2. The molecule has 4 rings (SSSR count). The number of ether oxygens (including phenoxy) is 1. The molecule has 0 saturated carbocycles. The first-order chi connectivity index (χ1) is 10.8. The van der Waals surface area contributed by atoms with Crippen molar-refractivity contribution in [3.8, 4) is 0 Å². The van der Waals surface area contributed by atoms with Crippen LogP contribution in [0.2, 0.25) is 0 Å². The van der Waals surface area contributed by atoms with Crippen molar-refractivity contribution in [3.63, 3.8) is 0 Å². The molecule has 0 amide bonds. The molecule has 114 valence electrons. The fourth-order valence-corrected chi connectivity index (χ4v) is 3.96. The number of halogens is 1. The van der Waals surface area contributed by atoms with Crippen molar-refractivity contribution in [1.82, 2.24) is 5.32 Å². The van der Waals surface area contributed by atoms with Gasteiger partial charge in [-0.25, -0.2) is 4.39 Å². The smallest absolute Gasteiger partial charge is 0.123 e. The van der Waals surface area contributed by atoms with Gasteiger partial charge in [0.05, 0.1) is 12.2 Å². The molecule has 2 aromatic rings. The average Bonchev–Trinajstić information content (AvgIpc) is 2.89. The summed E-state index contributed by atoms with van der Waals surface area (Å²) in [5, 5.41) is 3.20. The van der Waals surface area contributed by atoms with Crippen molar-refractivity contribution in [2.45, 2.75) is 31.0 Å². The van der Waals surface area contributed by atoms with Crippen LogP contribution < -0.4 is 5.32 Å². The van der Waals surface area contributed by atoms with E-state index in [1.807, 2.05) is 13.1 Å². The Morgan fingerprint density at radius 2 is 1.95 bits per heavy atom. The van der Waals surface area contributed by atoms with Gasteiger partial charge in [-0.3, -0.25) is 0 Å². The second-order valence-electron chi connectivity index (χ2n) is 6.30. The second-order valence-corrected chi connectivity index (χ2v) is 6.30. The number of nitrogens with one attached hydrogen (secondary N) is 1. The van der Waals surface area contributed by atoms with Crippen LogP contribution in [0.15, 0.2) is 42.5 Å². The molecule has 0 aromatic heterocycles. The number of rotatable bonds is 2. The molecule has 1 aliphatic heterocycles. The molecule has 0 spiro atoms. The zero-order valence-corrected chi connectivity index (χ0v) is 12.7. The van der Waals surface area contributed by atoms with E-state index in [2.05, 4.69) is 29.6 Å². The van der Waals surface area contributed by atoms with E-state index in [0.717, 1.165) is 24.9 Å². The highest BCUT2D eigenvalue weighted by molar-refractivity contribution is 5.45. The Kier molecular flexibility index (Phi) is 3.47. The van der Waals surface area contributed by atoms with E-state index in [1.54, 1.807) is 12.1 Å². The van der Waals surface area contributed by atoms with Gasteiger partial charge in [0, 0.05) is 12.5 Å². The molecule has 1 N–H and O–H groups in total. The van der Waals surface area contributed by atoms with Crippen molar-refractivity contribution in [1.29, 1.82) is 0 Å². The molecule has 3 atom stereocenters. The van der Waals surface area contributed by atoms with E-state index in [9.17, 15) is 4.39 Å². The van der Waals surface area contributed by atoms with E-state index in [-0.39, 0.29) is 18.0 Å². The van der Waals surface area contributed by atoms with Crippen LogP contribution in [-0.2, 0) is 11.2 Å². The van der Waals surface area contributed by atoms with Gasteiger partial charge in [-0.1, -0.05) is 30.3 Å². The van der Waals surface area contributed by atoms with Gasteiger partial charge in [0.25, 0.3) is 0 Å². The highest BCUT2D eigenvalue weighted by Gasteiger charge is 2.40. The predicted molar refractivity (Wildman–Crippen MR) is 84.5 cm³/mol. The van der Waals surface area contributed by atoms with E-state index in [4.69, 9.17) is 4.74 Å². The highest BCUT2D eigenvalue weighted by Crippen LogP contribution is 2.49. The Morgan fingerprint density at radius 3 is 2.82 bits per heavy atom. The third-order valence-corrected chi connectivity index (χ3v) is 4.90. The minimum atomic E-state index is -0.177. The van der Waals surface area contributed by atoms with E-state index in [0.29, 0.717) is 5.92 Å². The van der Waals surface area contributed by atoms with Crippen molar-refractivity contribution in [2.24, 2.45) is 0 Å². The molecule has 0 bridgehead atoms. The molecule has 3 heteroatoms. The summed E-state index contributed by atoms with van der Waals surface area (Å²) in [5.41, 5.74) is 4.92. The first kappa shape index (κ1) is 13.9. The standard InChI is InChI=1S/C19H20FNO/c1-21-11-15-10-18-16-5-3-2-4-12(16)8-13-6-7-14(20)9-17(13)19(18)22-15/h2-7,9,15,18-19,21H,8,10-11H2,1H3/t15-,18-,19-/m1/s1.